The summed E-state index contributed by atoms with van der Waals surface area (Å²) in [6.45, 7) is 6.59. The van der Waals surface area contributed by atoms with Gasteiger partial charge in [-0.3, -0.25) is 0 Å². The lowest BCUT2D eigenvalue weighted by molar-refractivity contribution is 0.484. The Balaban J connectivity index is 0. The van der Waals surface area contributed by atoms with Crippen LogP contribution in [0.1, 0.15) is 20.8 Å². The van der Waals surface area contributed by atoms with E-state index in [9.17, 15) is 0 Å². The van der Waals surface area contributed by atoms with Gasteiger partial charge in [0.25, 0.3) is 0 Å². The highest BCUT2D eigenvalue weighted by molar-refractivity contribution is 9.09. The zero-order valence-electron chi connectivity index (χ0n) is 5.29. The summed E-state index contributed by atoms with van der Waals surface area (Å²) in [5.74, 6) is 0. The van der Waals surface area contributed by atoms with Gasteiger partial charge >= 0.3 is 0 Å². The molecule has 2 heteroatoms. The van der Waals surface area contributed by atoms with Crippen molar-refractivity contribution in [2.24, 2.45) is 5.41 Å². The van der Waals surface area contributed by atoms with Crippen molar-refractivity contribution in [1.82, 2.24) is 0 Å². The van der Waals surface area contributed by atoms with Gasteiger partial charge in [0, 0.05) is 28.4 Å². The van der Waals surface area contributed by atoms with Crippen LogP contribution in [-0.4, -0.2) is 28.4 Å². The Kier molecular flexibility index (Phi) is 6.59. The maximum atomic E-state index is 3.37. The predicted octanol–water partition coefficient (Wildman–Crippen LogP) is 2.05. The van der Waals surface area contributed by atoms with Gasteiger partial charge in [-0.25, -0.2) is 0 Å². The van der Waals surface area contributed by atoms with Gasteiger partial charge < -0.3 is 0 Å². The lowest BCUT2D eigenvalue weighted by atomic mass is 10.0. The topological polar surface area (TPSA) is 0 Å². The molecule has 0 bridgehead atoms. The van der Waals surface area contributed by atoms with Crippen LogP contribution < -0.4 is 0 Å². The van der Waals surface area contributed by atoms with Crippen LogP contribution >= 0.6 is 15.9 Å². The third-order valence-electron chi connectivity index (χ3n) is 0.401. The van der Waals surface area contributed by atoms with Crippen molar-refractivity contribution in [2.45, 2.75) is 20.8 Å². The van der Waals surface area contributed by atoms with Gasteiger partial charge in [0.1, 0.15) is 0 Å². The average Bonchev–Trinajstić information content (AvgIpc) is 1.35. The number of alkyl halides is 1. The minimum absolute atomic E-state index is 0. The number of hydrogen-bond acceptors (Lipinski definition) is 0. The fraction of sp³-hybridized carbons (Fsp3) is 1.00. The molecular formula is C5H11BrMg. The van der Waals surface area contributed by atoms with Crippen molar-refractivity contribution in [3.05, 3.63) is 0 Å². The lowest BCUT2D eigenvalue weighted by Crippen LogP contribution is -2.04. The first-order chi connectivity index (χ1) is 2.56. The summed E-state index contributed by atoms with van der Waals surface area (Å²) in [6, 6.07) is 0. The molecule has 2 radical (unpaired) electrons. The average molecular weight is 175 g/mol. The molecule has 0 spiro atoms. The standard InChI is InChI=1S/C5H11Br.Mg/c1-5(2,3)4-6;/h4H2,1-3H3;. The van der Waals surface area contributed by atoms with E-state index in [2.05, 4.69) is 36.7 Å². The van der Waals surface area contributed by atoms with Crippen molar-refractivity contribution in [1.29, 1.82) is 0 Å². The van der Waals surface area contributed by atoms with Gasteiger partial charge in [-0.2, -0.15) is 0 Å². The maximum absolute atomic E-state index is 3.37. The lowest BCUT2D eigenvalue weighted by Gasteiger charge is -2.11. The molecule has 0 aromatic carbocycles. The largest absolute Gasteiger partial charge is 0.0922 e. The van der Waals surface area contributed by atoms with Crippen molar-refractivity contribution in [2.75, 3.05) is 5.33 Å². The van der Waals surface area contributed by atoms with Gasteiger partial charge in [0.15, 0.2) is 0 Å². The SMILES string of the molecule is CC(C)(C)CBr.[Mg]. The van der Waals surface area contributed by atoms with Gasteiger partial charge in [0.05, 0.1) is 0 Å². The molecular weight excluding hydrogens is 164 g/mol. The van der Waals surface area contributed by atoms with E-state index in [4.69, 9.17) is 0 Å². The van der Waals surface area contributed by atoms with Crippen LogP contribution in [0.15, 0.2) is 0 Å². The Bertz CT molecular complexity index is 37.8. The molecule has 0 unspecified atom stereocenters. The minimum atomic E-state index is 0. The van der Waals surface area contributed by atoms with Gasteiger partial charge in [-0.15, -0.1) is 0 Å². The zero-order chi connectivity index (χ0) is 5.21. The van der Waals surface area contributed by atoms with E-state index in [0.29, 0.717) is 5.41 Å². The molecule has 0 aliphatic heterocycles. The van der Waals surface area contributed by atoms with Crippen LogP contribution in [0.2, 0.25) is 0 Å². The monoisotopic (exact) mass is 174 g/mol. The Labute approximate surface area is 70.3 Å². The van der Waals surface area contributed by atoms with Crippen molar-refractivity contribution in [3.8, 4) is 0 Å². The van der Waals surface area contributed by atoms with Gasteiger partial charge in [0.2, 0.25) is 0 Å². The smallest absolute Gasteiger partial charge is 0.00800 e. The van der Waals surface area contributed by atoms with E-state index in [1.54, 1.807) is 0 Å². The van der Waals surface area contributed by atoms with E-state index in [-0.39, 0.29) is 23.1 Å². The van der Waals surface area contributed by atoms with E-state index in [1.807, 2.05) is 0 Å². The van der Waals surface area contributed by atoms with E-state index in [1.165, 1.54) is 0 Å². The molecule has 0 N–H and O–H groups in total. The highest BCUT2D eigenvalue weighted by atomic mass is 79.9. The highest BCUT2D eigenvalue weighted by Gasteiger charge is 2.04. The molecule has 0 aromatic heterocycles. The molecule has 0 aliphatic carbocycles. The molecule has 0 fully saturated rings. The molecule has 7 heavy (non-hydrogen) atoms. The zero-order valence-corrected chi connectivity index (χ0v) is 8.29. The molecule has 0 saturated heterocycles. The molecule has 0 nitrogen and oxygen atoms in total. The van der Waals surface area contributed by atoms with E-state index in [0.717, 1.165) is 5.33 Å². The third kappa shape index (κ3) is 11.1. The number of hydrogen-bond donors (Lipinski definition) is 0. The Hall–Kier alpha value is 1.25. The van der Waals surface area contributed by atoms with Crippen LogP contribution in [0.3, 0.4) is 0 Å². The van der Waals surface area contributed by atoms with Crippen LogP contribution in [0.25, 0.3) is 0 Å². The molecule has 40 valence electrons. The molecule has 0 rings (SSSR count). The van der Waals surface area contributed by atoms with Crippen LogP contribution in [-0.2, 0) is 0 Å². The second-order valence-electron chi connectivity index (χ2n) is 2.69. The first-order valence-electron chi connectivity index (χ1n) is 2.12. The van der Waals surface area contributed by atoms with Crippen molar-refractivity contribution in [3.63, 3.8) is 0 Å². The molecule has 0 heterocycles. The number of halogens is 1. The van der Waals surface area contributed by atoms with Crippen LogP contribution in [0.4, 0.5) is 0 Å². The highest BCUT2D eigenvalue weighted by Crippen LogP contribution is 2.14. The summed E-state index contributed by atoms with van der Waals surface area (Å²) < 4.78 is 0. The molecule has 0 atom stereocenters. The summed E-state index contributed by atoms with van der Waals surface area (Å²) in [7, 11) is 0. The van der Waals surface area contributed by atoms with Crippen LogP contribution in [0, 0.1) is 5.41 Å². The molecule has 0 saturated carbocycles. The fourth-order valence-corrected chi connectivity index (χ4v) is 0. The quantitative estimate of drug-likeness (QED) is 0.390. The first kappa shape index (κ1) is 11.1. The summed E-state index contributed by atoms with van der Waals surface area (Å²) in [4.78, 5) is 0. The normalized spacial score (nSPS) is 10.3. The van der Waals surface area contributed by atoms with Crippen LogP contribution in [0.5, 0.6) is 0 Å². The molecule has 0 aromatic rings. The summed E-state index contributed by atoms with van der Waals surface area (Å²) in [5.41, 5.74) is 0.458. The Morgan fingerprint density at radius 3 is 1.43 bits per heavy atom. The summed E-state index contributed by atoms with van der Waals surface area (Å²) in [5, 5.41) is 1.08. The summed E-state index contributed by atoms with van der Waals surface area (Å²) >= 11 is 3.37. The molecule has 0 aliphatic rings. The van der Waals surface area contributed by atoms with Crippen molar-refractivity contribution < 1.29 is 0 Å². The molecule has 0 amide bonds. The summed E-state index contributed by atoms with van der Waals surface area (Å²) in [6.07, 6.45) is 0. The van der Waals surface area contributed by atoms with Gasteiger partial charge in [-0.05, 0) is 5.41 Å². The number of rotatable bonds is 0. The predicted molar refractivity (Wildman–Crippen MR) is 39.0 cm³/mol. The Morgan fingerprint density at radius 1 is 1.29 bits per heavy atom. The van der Waals surface area contributed by atoms with E-state index < -0.39 is 0 Å². The minimum Gasteiger partial charge on any atom is -0.0922 e. The van der Waals surface area contributed by atoms with E-state index >= 15 is 0 Å². The first-order valence-corrected chi connectivity index (χ1v) is 3.24. The van der Waals surface area contributed by atoms with Gasteiger partial charge in [-0.1, -0.05) is 36.7 Å². The van der Waals surface area contributed by atoms with Crippen molar-refractivity contribution >= 4 is 39.0 Å². The fourth-order valence-electron chi connectivity index (χ4n) is 0. The second-order valence-corrected chi connectivity index (χ2v) is 3.26. The maximum Gasteiger partial charge on any atom is 0.00800 e. The third-order valence-corrected chi connectivity index (χ3v) is 2.08. The Morgan fingerprint density at radius 2 is 1.43 bits per heavy atom. The second kappa shape index (κ2) is 4.16.